The molecule has 5 rings (SSSR count). The first-order valence-electron chi connectivity index (χ1n) is 15.0. The second-order valence-electron chi connectivity index (χ2n) is 10.6. The van der Waals surface area contributed by atoms with Gasteiger partial charge in [0, 0.05) is 30.8 Å². The van der Waals surface area contributed by atoms with Crippen LogP contribution in [0.4, 0.5) is 0 Å². The van der Waals surface area contributed by atoms with E-state index in [0.717, 1.165) is 74.9 Å². The summed E-state index contributed by atoms with van der Waals surface area (Å²) in [4.78, 5) is 7.90. The summed E-state index contributed by atoms with van der Waals surface area (Å²) in [5.74, 6) is 2.77. The largest absolute Gasteiger partial charge is 0.457 e. The highest BCUT2D eigenvalue weighted by atomic mass is 16.5. The fraction of sp³-hybridized carbons (Fsp3) is 0.270. The first kappa shape index (κ1) is 28.4. The minimum atomic E-state index is 0.843. The SMILES string of the molecule is CCCCN(Cc1ccc(Oc2ccccc2)cc1)Cc1c(-c2ccccc2)nc(-c2ccccc2)n1CCCC. The normalized spacial score (nSPS) is 11.2. The summed E-state index contributed by atoms with van der Waals surface area (Å²) in [7, 11) is 0. The van der Waals surface area contributed by atoms with Crippen LogP contribution in [0.2, 0.25) is 0 Å². The molecule has 0 saturated heterocycles. The van der Waals surface area contributed by atoms with Crippen molar-refractivity contribution >= 4 is 0 Å². The van der Waals surface area contributed by atoms with Gasteiger partial charge in [0.25, 0.3) is 0 Å². The number of nitrogens with zero attached hydrogens (tertiary/aromatic N) is 3. The second-order valence-corrected chi connectivity index (χ2v) is 10.6. The van der Waals surface area contributed by atoms with Gasteiger partial charge in [0.05, 0.1) is 11.4 Å². The molecule has 210 valence electrons. The summed E-state index contributed by atoms with van der Waals surface area (Å²) in [5, 5.41) is 0. The lowest BCUT2D eigenvalue weighted by atomic mass is 10.1. The van der Waals surface area contributed by atoms with Gasteiger partial charge in [-0.1, -0.05) is 118 Å². The molecular formula is C37H41N3O. The van der Waals surface area contributed by atoms with Gasteiger partial charge in [-0.05, 0) is 49.2 Å². The number of ether oxygens (including phenoxy) is 1. The standard InChI is InChI=1S/C37H41N3O/c1-3-5-26-39(28-30-22-24-34(25-23-30)41-33-20-14-9-15-21-33)29-35-36(31-16-10-7-11-17-31)38-37(40(35)27-6-4-2)32-18-12-8-13-19-32/h7-25H,3-6,26-29H2,1-2H3. The summed E-state index contributed by atoms with van der Waals surface area (Å²) in [5.41, 5.74) is 6.01. The molecule has 0 spiro atoms. The Morgan fingerprint density at radius 3 is 1.85 bits per heavy atom. The van der Waals surface area contributed by atoms with Gasteiger partial charge in [-0.15, -0.1) is 0 Å². The molecule has 5 aromatic rings. The molecule has 0 aliphatic heterocycles. The number of rotatable bonds is 14. The third kappa shape index (κ3) is 7.53. The van der Waals surface area contributed by atoms with Gasteiger partial charge in [-0.25, -0.2) is 4.98 Å². The van der Waals surface area contributed by atoms with Crippen LogP contribution in [0, 0.1) is 0 Å². The molecule has 4 nitrogen and oxygen atoms in total. The molecule has 1 aromatic heterocycles. The van der Waals surface area contributed by atoms with Crippen LogP contribution < -0.4 is 4.74 Å². The predicted octanol–water partition coefficient (Wildman–Crippen LogP) is 9.61. The highest BCUT2D eigenvalue weighted by molar-refractivity contribution is 5.68. The van der Waals surface area contributed by atoms with E-state index in [2.05, 4.69) is 108 Å². The van der Waals surface area contributed by atoms with Gasteiger partial charge in [-0.2, -0.15) is 0 Å². The molecule has 0 fully saturated rings. The number of hydrogen-bond donors (Lipinski definition) is 0. The van der Waals surface area contributed by atoms with E-state index in [1.54, 1.807) is 0 Å². The minimum absolute atomic E-state index is 0.843. The maximum atomic E-state index is 6.04. The summed E-state index contributed by atoms with van der Waals surface area (Å²) >= 11 is 0. The lowest BCUT2D eigenvalue weighted by molar-refractivity contribution is 0.246. The summed E-state index contributed by atoms with van der Waals surface area (Å²) in [6.45, 7) is 8.24. The zero-order valence-electron chi connectivity index (χ0n) is 24.4. The summed E-state index contributed by atoms with van der Waals surface area (Å²) in [6, 6.07) is 39.8. The van der Waals surface area contributed by atoms with Crippen LogP contribution in [0.25, 0.3) is 22.6 Å². The van der Waals surface area contributed by atoms with E-state index >= 15 is 0 Å². The van der Waals surface area contributed by atoms with Crippen molar-refractivity contribution in [2.45, 2.75) is 59.2 Å². The van der Waals surface area contributed by atoms with Gasteiger partial charge < -0.3 is 9.30 Å². The van der Waals surface area contributed by atoms with Crippen LogP contribution in [0.5, 0.6) is 11.5 Å². The molecule has 0 aliphatic carbocycles. The monoisotopic (exact) mass is 543 g/mol. The Kier molecular flexibility index (Phi) is 10.0. The highest BCUT2D eigenvalue weighted by Gasteiger charge is 2.21. The van der Waals surface area contributed by atoms with Crippen molar-refractivity contribution in [1.29, 1.82) is 0 Å². The number of para-hydroxylation sites is 1. The Bertz CT molecular complexity index is 1460. The lowest BCUT2D eigenvalue weighted by Crippen LogP contribution is -2.26. The zero-order valence-corrected chi connectivity index (χ0v) is 24.4. The van der Waals surface area contributed by atoms with Crippen LogP contribution in [0.3, 0.4) is 0 Å². The van der Waals surface area contributed by atoms with E-state index in [9.17, 15) is 0 Å². The maximum Gasteiger partial charge on any atom is 0.140 e. The van der Waals surface area contributed by atoms with Gasteiger partial charge in [-0.3, -0.25) is 4.90 Å². The first-order chi connectivity index (χ1) is 20.2. The Morgan fingerprint density at radius 2 is 1.22 bits per heavy atom. The average molecular weight is 544 g/mol. The van der Waals surface area contributed by atoms with Gasteiger partial charge in [0.15, 0.2) is 0 Å². The van der Waals surface area contributed by atoms with Gasteiger partial charge in [0.2, 0.25) is 0 Å². The number of benzene rings is 4. The minimum Gasteiger partial charge on any atom is -0.457 e. The third-order valence-electron chi connectivity index (χ3n) is 7.40. The number of imidazole rings is 1. The number of unbranched alkanes of at least 4 members (excludes halogenated alkanes) is 2. The lowest BCUT2D eigenvalue weighted by Gasteiger charge is -2.24. The average Bonchev–Trinajstić information content (AvgIpc) is 3.38. The van der Waals surface area contributed by atoms with Crippen LogP contribution in [0.15, 0.2) is 115 Å². The summed E-state index contributed by atoms with van der Waals surface area (Å²) < 4.78 is 8.52. The van der Waals surface area contributed by atoms with E-state index < -0.39 is 0 Å². The van der Waals surface area contributed by atoms with E-state index in [-0.39, 0.29) is 0 Å². The molecule has 0 amide bonds. The molecule has 0 unspecified atom stereocenters. The Labute approximate surface area is 245 Å². The Morgan fingerprint density at radius 1 is 0.634 bits per heavy atom. The smallest absolute Gasteiger partial charge is 0.140 e. The topological polar surface area (TPSA) is 30.3 Å². The van der Waals surface area contributed by atoms with Crippen molar-refractivity contribution in [3.63, 3.8) is 0 Å². The third-order valence-corrected chi connectivity index (χ3v) is 7.40. The molecule has 0 saturated carbocycles. The van der Waals surface area contributed by atoms with Crippen molar-refractivity contribution in [1.82, 2.24) is 14.5 Å². The van der Waals surface area contributed by atoms with Crippen LogP contribution in [-0.2, 0) is 19.6 Å². The van der Waals surface area contributed by atoms with Crippen molar-refractivity contribution in [2.75, 3.05) is 6.54 Å². The zero-order chi connectivity index (χ0) is 28.3. The molecule has 0 N–H and O–H groups in total. The molecule has 4 heteroatoms. The van der Waals surface area contributed by atoms with Crippen LogP contribution in [0.1, 0.15) is 50.8 Å². The van der Waals surface area contributed by atoms with Crippen LogP contribution >= 0.6 is 0 Å². The number of aromatic nitrogens is 2. The first-order valence-corrected chi connectivity index (χ1v) is 15.0. The fourth-order valence-corrected chi connectivity index (χ4v) is 5.19. The Balaban J connectivity index is 1.47. The Hall–Kier alpha value is -4.15. The van der Waals surface area contributed by atoms with Crippen LogP contribution in [-0.4, -0.2) is 21.0 Å². The molecule has 41 heavy (non-hydrogen) atoms. The molecule has 0 bridgehead atoms. The van der Waals surface area contributed by atoms with Crippen molar-refractivity contribution in [2.24, 2.45) is 0 Å². The summed E-state index contributed by atoms with van der Waals surface area (Å²) in [6.07, 6.45) is 4.58. The number of hydrogen-bond acceptors (Lipinski definition) is 3. The quantitative estimate of drug-likeness (QED) is 0.140. The van der Waals surface area contributed by atoms with E-state index in [1.165, 1.54) is 22.4 Å². The molecule has 0 radical (unpaired) electrons. The van der Waals surface area contributed by atoms with E-state index in [1.807, 2.05) is 30.3 Å². The van der Waals surface area contributed by atoms with Gasteiger partial charge in [0.1, 0.15) is 17.3 Å². The van der Waals surface area contributed by atoms with Gasteiger partial charge >= 0.3 is 0 Å². The molecule has 0 aliphatic rings. The second kappa shape index (κ2) is 14.5. The predicted molar refractivity (Wildman–Crippen MR) is 170 cm³/mol. The van der Waals surface area contributed by atoms with Crippen molar-refractivity contribution < 1.29 is 4.74 Å². The molecule has 1 heterocycles. The molecule has 4 aromatic carbocycles. The fourth-order valence-electron chi connectivity index (χ4n) is 5.19. The molecular weight excluding hydrogens is 502 g/mol. The molecule has 0 atom stereocenters. The van der Waals surface area contributed by atoms with Crippen molar-refractivity contribution in [3.05, 3.63) is 127 Å². The van der Waals surface area contributed by atoms with E-state index in [0.29, 0.717) is 0 Å². The van der Waals surface area contributed by atoms with E-state index in [4.69, 9.17) is 9.72 Å². The van der Waals surface area contributed by atoms with Crippen molar-refractivity contribution in [3.8, 4) is 34.1 Å². The highest BCUT2D eigenvalue weighted by Crippen LogP contribution is 2.31. The maximum absolute atomic E-state index is 6.04.